The van der Waals surface area contributed by atoms with Gasteiger partial charge in [-0.2, -0.15) is 0 Å². The number of primary amides is 1. The van der Waals surface area contributed by atoms with Crippen LogP contribution in [0.25, 0.3) is 0 Å². The number of carbonyl (C=O) groups excluding carboxylic acids is 2. The molecule has 4 N–H and O–H groups in total. The van der Waals surface area contributed by atoms with Gasteiger partial charge in [-0.05, 0) is 30.3 Å². The zero-order valence-electron chi connectivity index (χ0n) is 18.3. The van der Waals surface area contributed by atoms with Gasteiger partial charge in [0.25, 0.3) is 5.91 Å². The van der Waals surface area contributed by atoms with Crippen molar-refractivity contribution >= 4 is 40.3 Å². The quantitative estimate of drug-likeness (QED) is 0.594. The largest absolute Gasteiger partial charge is 0.398 e. The molecule has 3 amide bonds. The first-order chi connectivity index (χ1) is 15.3. The Morgan fingerprint density at radius 2 is 1.72 bits per heavy atom. The molecule has 0 bridgehead atoms. The zero-order chi connectivity index (χ0) is 23.0. The van der Waals surface area contributed by atoms with Crippen LogP contribution in [-0.2, 0) is 6.42 Å². The van der Waals surface area contributed by atoms with Crippen LogP contribution >= 0.6 is 11.3 Å². The molecule has 1 unspecified atom stereocenters. The molecule has 4 rings (SSSR count). The molecule has 3 aromatic rings. The van der Waals surface area contributed by atoms with Crippen molar-refractivity contribution in [1.82, 2.24) is 9.88 Å². The number of fused-ring (bicyclic) bond motifs is 1. The number of amides is 3. The molecule has 0 spiro atoms. The maximum Gasteiger partial charge on any atom is 0.325 e. The fourth-order valence-corrected chi connectivity index (χ4v) is 5.01. The molecule has 0 saturated heterocycles. The van der Waals surface area contributed by atoms with Gasteiger partial charge in [-0.3, -0.25) is 9.69 Å². The molecule has 0 radical (unpaired) electrons. The Morgan fingerprint density at radius 3 is 2.34 bits per heavy atom. The Labute approximate surface area is 191 Å². The van der Waals surface area contributed by atoms with Gasteiger partial charge in [-0.15, -0.1) is 11.3 Å². The van der Waals surface area contributed by atoms with E-state index in [2.05, 4.69) is 4.98 Å². The van der Waals surface area contributed by atoms with Gasteiger partial charge in [0.2, 0.25) is 0 Å². The standard InChI is InChI=1S/C23H26N6O2S/c1-27(2)14-8-10-15(11-9-14)28(3)23(31)29-13-12-18-20(32-22(26-18)21(25)30)19(29)16-6-4-5-7-17(16)24/h4-11,19H,12-13,24H2,1-3H3,(H2,25,30). The summed E-state index contributed by atoms with van der Waals surface area (Å²) in [6, 6.07) is 14.7. The highest BCUT2D eigenvalue weighted by Gasteiger charge is 2.37. The molecular weight excluding hydrogens is 424 g/mol. The molecule has 32 heavy (non-hydrogen) atoms. The van der Waals surface area contributed by atoms with Crippen LogP contribution in [0.1, 0.15) is 32.0 Å². The van der Waals surface area contributed by atoms with Crippen LogP contribution in [0.5, 0.6) is 0 Å². The Kier molecular flexibility index (Phi) is 5.75. The van der Waals surface area contributed by atoms with Crippen LogP contribution < -0.4 is 21.3 Å². The van der Waals surface area contributed by atoms with E-state index in [9.17, 15) is 9.59 Å². The fraction of sp³-hybridized carbons (Fsp3) is 0.261. The number of aromatic nitrogens is 1. The average molecular weight is 451 g/mol. The summed E-state index contributed by atoms with van der Waals surface area (Å²) >= 11 is 1.23. The van der Waals surface area contributed by atoms with Crippen LogP contribution in [0.3, 0.4) is 0 Å². The molecule has 0 aliphatic carbocycles. The maximum atomic E-state index is 13.7. The topological polar surface area (TPSA) is 109 Å². The first-order valence-electron chi connectivity index (χ1n) is 10.2. The van der Waals surface area contributed by atoms with E-state index < -0.39 is 11.9 Å². The second kappa shape index (κ2) is 8.51. The summed E-state index contributed by atoms with van der Waals surface area (Å²) in [5.74, 6) is -0.569. The van der Waals surface area contributed by atoms with E-state index in [1.807, 2.05) is 67.5 Å². The molecule has 1 aliphatic rings. The van der Waals surface area contributed by atoms with E-state index in [0.29, 0.717) is 18.7 Å². The number of urea groups is 1. The van der Waals surface area contributed by atoms with Crippen molar-refractivity contribution < 1.29 is 9.59 Å². The maximum absolute atomic E-state index is 13.7. The van der Waals surface area contributed by atoms with Crippen molar-refractivity contribution in [3.8, 4) is 0 Å². The summed E-state index contributed by atoms with van der Waals surface area (Å²) in [5, 5.41) is 0.247. The van der Waals surface area contributed by atoms with Gasteiger partial charge in [0.1, 0.15) is 0 Å². The van der Waals surface area contributed by atoms with Crippen LogP contribution in [0.15, 0.2) is 48.5 Å². The highest BCUT2D eigenvalue weighted by molar-refractivity contribution is 7.13. The van der Waals surface area contributed by atoms with Gasteiger partial charge in [0.05, 0.1) is 16.6 Å². The number of benzene rings is 2. The van der Waals surface area contributed by atoms with Crippen molar-refractivity contribution in [1.29, 1.82) is 0 Å². The molecule has 9 heteroatoms. The average Bonchev–Trinajstić information content (AvgIpc) is 3.23. The van der Waals surface area contributed by atoms with E-state index in [-0.39, 0.29) is 11.0 Å². The lowest BCUT2D eigenvalue weighted by Gasteiger charge is -2.38. The van der Waals surface area contributed by atoms with Crippen LogP contribution in [0, 0.1) is 0 Å². The first-order valence-corrected chi connectivity index (χ1v) is 11.0. The van der Waals surface area contributed by atoms with Gasteiger partial charge in [-0.1, -0.05) is 18.2 Å². The van der Waals surface area contributed by atoms with E-state index in [0.717, 1.165) is 27.5 Å². The van der Waals surface area contributed by atoms with E-state index in [4.69, 9.17) is 11.5 Å². The first kappa shape index (κ1) is 21.6. The molecule has 166 valence electrons. The summed E-state index contributed by atoms with van der Waals surface area (Å²) in [7, 11) is 5.70. The predicted molar refractivity (Wildman–Crippen MR) is 128 cm³/mol. The second-order valence-electron chi connectivity index (χ2n) is 7.92. The van der Waals surface area contributed by atoms with Crippen LogP contribution in [0.4, 0.5) is 21.9 Å². The number of para-hydroxylation sites is 1. The summed E-state index contributed by atoms with van der Waals surface area (Å²) < 4.78 is 0. The Balaban J connectivity index is 1.73. The van der Waals surface area contributed by atoms with E-state index in [1.54, 1.807) is 16.8 Å². The smallest absolute Gasteiger partial charge is 0.325 e. The van der Waals surface area contributed by atoms with Crippen molar-refractivity contribution in [2.45, 2.75) is 12.5 Å². The number of nitrogens with zero attached hydrogens (tertiary/aromatic N) is 4. The molecule has 2 aromatic carbocycles. The van der Waals surface area contributed by atoms with E-state index >= 15 is 0 Å². The Hall–Kier alpha value is -3.59. The number of thiazole rings is 1. The van der Waals surface area contributed by atoms with E-state index in [1.165, 1.54) is 11.3 Å². The lowest BCUT2D eigenvalue weighted by atomic mass is 9.96. The molecule has 1 aliphatic heterocycles. The lowest BCUT2D eigenvalue weighted by molar-refractivity contribution is 0.0999. The molecule has 1 aromatic heterocycles. The number of rotatable bonds is 4. The van der Waals surface area contributed by atoms with Crippen LogP contribution in [-0.4, -0.2) is 49.5 Å². The minimum atomic E-state index is -0.569. The third-order valence-electron chi connectivity index (χ3n) is 5.66. The summed E-state index contributed by atoms with van der Waals surface area (Å²) in [4.78, 5) is 36.1. The minimum Gasteiger partial charge on any atom is -0.398 e. The summed E-state index contributed by atoms with van der Waals surface area (Å²) in [6.07, 6.45) is 0.543. The Morgan fingerprint density at radius 1 is 1.06 bits per heavy atom. The molecular formula is C23H26N6O2S. The van der Waals surface area contributed by atoms with Gasteiger partial charge >= 0.3 is 6.03 Å². The third kappa shape index (κ3) is 3.87. The van der Waals surface area contributed by atoms with Gasteiger partial charge < -0.3 is 21.3 Å². The normalized spacial score (nSPS) is 15.2. The number of anilines is 3. The highest BCUT2D eigenvalue weighted by atomic mass is 32.1. The van der Waals surface area contributed by atoms with Gasteiger partial charge in [-0.25, -0.2) is 9.78 Å². The lowest BCUT2D eigenvalue weighted by Crippen LogP contribution is -2.46. The number of nitrogen functional groups attached to an aromatic ring is 1. The van der Waals surface area contributed by atoms with Crippen molar-refractivity contribution in [2.24, 2.45) is 5.73 Å². The second-order valence-corrected chi connectivity index (χ2v) is 8.95. The molecule has 2 heterocycles. The minimum absolute atomic E-state index is 0.157. The van der Waals surface area contributed by atoms with Gasteiger partial charge in [0.15, 0.2) is 5.01 Å². The van der Waals surface area contributed by atoms with Gasteiger partial charge in [0, 0.05) is 56.7 Å². The number of carbonyl (C=O) groups is 2. The van der Waals surface area contributed by atoms with Crippen molar-refractivity contribution in [3.05, 3.63) is 69.7 Å². The molecule has 8 nitrogen and oxygen atoms in total. The third-order valence-corrected chi connectivity index (χ3v) is 6.83. The van der Waals surface area contributed by atoms with Crippen LogP contribution in [0.2, 0.25) is 0 Å². The highest BCUT2D eigenvalue weighted by Crippen LogP contribution is 2.41. The SMILES string of the molecule is CN(C)c1ccc(N(C)C(=O)N2CCc3nc(C(N)=O)sc3C2c2ccccc2N)cc1. The number of hydrogen-bond donors (Lipinski definition) is 2. The monoisotopic (exact) mass is 450 g/mol. The number of hydrogen-bond acceptors (Lipinski definition) is 6. The fourth-order valence-electron chi connectivity index (χ4n) is 3.91. The summed E-state index contributed by atoms with van der Waals surface area (Å²) in [6.45, 7) is 0.451. The number of nitrogens with two attached hydrogens (primary N) is 2. The predicted octanol–water partition coefficient (Wildman–Crippen LogP) is 3.09. The van der Waals surface area contributed by atoms with Crippen molar-refractivity contribution in [2.75, 3.05) is 43.2 Å². The Bertz CT molecular complexity index is 1160. The van der Waals surface area contributed by atoms with Crippen molar-refractivity contribution in [3.63, 3.8) is 0 Å². The molecule has 0 fully saturated rings. The summed E-state index contributed by atoms with van der Waals surface area (Å²) in [5.41, 5.74) is 15.8. The molecule has 1 atom stereocenters. The zero-order valence-corrected chi connectivity index (χ0v) is 19.1. The molecule has 0 saturated carbocycles.